The molecule has 1 aromatic rings. The van der Waals surface area contributed by atoms with E-state index in [1.807, 2.05) is 37.3 Å². The highest BCUT2D eigenvalue weighted by atomic mass is 16.3. The molecule has 1 unspecified atom stereocenters. The predicted octanol–water partition coefficient (Wildman–Crippen LogP) is 0.936. The summed E-state index contributed by atoms with van der Waals surface area (Å²) >= 11 is 0. The van der Waals surface area contributed by atoms with E-state index in [1.54, 1.807) is 0 Å². The van der Waals surface area contributed by atoms with Gasteiger partial charge in [0, 0.05) is 0 Å². The van der Waals surface area contributed by atoms with E-state index in [4.69, 9.17) is 5.73 Å². The molecule has 1 rings (SSSR count). The van der Waals surface area contributed by atoms with Crippen LogP contribution in [0.2, 0.25) is 0 Å². The summed E-state index contributed by atoms with van der Waals surface area (Å²) in [5.74, 6) is -0.736. The molecule has 0 saturated heterocycles. The summed E-state index contributed by atoms with van der Waals surface area (Å²) < 4.78 is 0. The first-order chi connectivity index (χ1) is 6.61. The maximum absolute atomic E-state index is 10.6. The lowest BCUT2D eigenvalue weighted by molar-refractivity contribution is -0.123. The number of nitrogens with two attached hydrogens (primary N) is 1. The third kappa shape index (κ3) is 2.71. The fourth-order valence-corrected chi connectivity index (χ4v) is 1.12. The second kappa shape index (κ2) is 4.58. The SMILES string of the molecule is CC(=CC(O)C(N)=O)c1ccccc1. The van der Waals surface area contributed by atoms with Crippen molar-refractivity contribution >= 4 is 11.5 Å². The Labute approximate surface area is 82.9 Å². The van der Waals surface area contributed by atoms with Gasteiger partial charge in [-0.2, -0.15) is 0 Å². The third-order valence-corrected chi connectivity index (χ3v) is 1.93. The normalized spacial score (nSPS) is 13.7. The third-order valence-electron chi connectivity index (χ3n) is 1.93. The molecular weight excluding hydrogens is 178 g/mol. The van der Waals surface area contributed by atoms with Crippen molar-refractivity contribution in [3.63, 3.8) is 0 Å². The Bertz CT molecular complexity index is 344. The molecule has 0 aliphatic rings. The van der Waals surface area contributed by atoms with Gasteiger partial charge in [-0.3, -0.25) is 4.79 Å². The largest absolute Gasteiger partial charge is 0.379 e. The zero-order valence-corrected chi connectivity index (χ0v) is 7.97. The van der Waals surface area contributed by atoms with Gasteiger partial charge in [-0.15, -0.1) is 0 Å². The zero-order valence-electron chi connectivity index (χ0n) is 7.97. The zero-order chi connectivity index (χ0) is 10.6. The molecule has 0 saturated carbocycles. The predicted molar refractivity (Wildman–Crippen MR) is 55.3 cm³/mol. The molecule has 1 atom stereocenters. The van der Waals surface area contributed by atoms with E-state index in [0.717, 1.165) is 11.1 Å². The molecule has 0 aromatic heterocycles. The number of primary amides is 1. The lowest BCUT2D eigenvalue weighted by Crippen LogP contribution is -2.26. The van der Waals surface area contributed by atoms with E-state index in [-0.39, 0.29) is 0 Å². The van der Waals surface area contributed by atoms with E-state index in [0.29, 0.717) is 0 Å². The first-order valence-corrected chi connectivity index (χ1v) is 4.32. The fourth-order valence-electron chi connectivity index (χ4n) is 1.12. The van der Waals surface area contributed by atoms with E-state index in [1.165, 1.54) is 6.08 Å². The molecule has 0 bridgehead atoms. The molecule has 1 amide bonds. The number of aliphatic hydroxyl groups is 1. The molecule has 0 radical (unpaired) electrons. The molecule has 74 valence electrons. The Hall–Kier alpha value is -1.61. The molecule has 0 spiro atoms. The standard InChI is InChI=1S/C11H13NO2/c1-8(7-10(13)11(12)14)9-5-3-2-4-6-9/h2-7,10,13H,1H3,(H2,12,14). The highest BCUT2D eigenvalue weighted by molar-refractivity contribution is 5.83. The lowest BCUT2D eigenvalue weighted by Gasteiger charge is -2.04. The van der Waals surface area contributed by atoms with Crippen molar-refractivity contribution in [2.24, 2.45) is 5.73 Å². The average molecular weight is 191 g/mol. The molecule has 3 N–H and O–H groups in total. The topological polar surface area (TPSA) is 63.3 Å². The molecule has 1 aromatic carbocycles. The van der Waals surface area contributed by atoms with Crippen molar-refractivity contribution in [3.8, 4) is 0 Å². The Morgan fingerprint density at radius 1 is 1.43 bits per heavy atom. The number of benzene rings is 1. The number of hydrogen-bond acceptors (Lipinski definition) is 2. The number of hydrogen-bond donors (Lipinski definition) is 2. The Balaban J connectivity index is 2.85. The maximum atomic E-state index is 10.6. The Morgan fingerprint density at radius 3 is 2.50 bits per heavy atom. The number of rotatable bonds is 3. The van der Waals surface area contributed by atoms with Gasteiger partial charge in [-0.05, 0) is 24.1 Å². The minimum absolute atomic E-state index is 0.736. The van der Waals surface area contributed by atoms with E-state index in [9.17, 15) is 9.90 Å². The van der Waals surface area contributed by atoms with Gasteiger partial charge in [0.1, 0.15) is 0 Å². The first kappa shape index (κ1) is 10.5. The van der Waals surface area contributed by atoms with Crippen molar-refractivity contribution in [1.29, 1.82) is 0 Å². The van der Waals surface area contributed by atoms with Gasteiger partial charge in [0.05, 0.1) is 0 Å². The number of amides is 1. The lowest BCUT2D eigenvalue weighted by atomic mass is 10.1. The van der Waals surface area contributed by atoms with Crippen molar-refractivity contribution in [1.82, 2.24) is 0 Å². The molecule has 3 heteroatoms. The van der Waals surface area contributed by atoms with Crippen LogP contribution in [-0.2, 0) is 4.79 Å². The van der Waals surface area contributed by atoms with Gasteiger partial charge in [0.25, 0.3) is 0 Å². The van der Waals surface area contributed by atoms with Crippen LogP contribution in [-0.4, -0.2) is 17.1 Å². The Kier molecular flexibility index (Phi) is 3.42. The van der Waals surface area contributed by atoms with Crippen LogP contribution in [0.3, 0.4) is 0 Å². The van der Waals surface area contributed by atoms with Crippen LogP contribution in [0, 0.1) is 0 Å². The summed E-state index contributed by atoms with van der Waals surface area (Å²) in [6.07, 6.45) is 0.229. The number of allylic oxidation sites excluding steroid dienone is 1. The van der Waals surface area contributed by atoms with E-state index in [2.05, 4.69) is 0 Å². The van der Waals surface area contributed by atoms with Crippen molar-refractivity contribution in [2.45, 2.75) is 13.0 Å². The van der Waals surface area contributed by atoms with Crippen molar-refractivity contribution in [3.05, 3.63) is 42.0 Å². The summed E-state index contributed by atoms with van der Waals surface area (Å²) in [6.45, 7) is 1.82. The molecule has 0 aliphatic heterocycles. The molecule has 3 nitrogen and oxygen atoms in total. The van der Waals surface area contributed by atoms with Crippen LogP contribution in [0.15, 0.2) is 36.4 Å². The van der Waals surface area contributed by atoms with Crippen LogP contribution < -0.4 is 5.73 Å². The highest BCUT2D eigenvalue weighted by Gasteiger charge is 2.07. The smallest absolute Gasteiger partial charge is 0.250 e. The van der Waals surface area contributed by atoms with E-state index < -0.39 is 12.0 Å². The molecule has 0 heterocycles. The molecule has 0 aliphatic carbocycles. The first-order valence-electron chi connectivity index (χ1n) is 4.32. The van der Waals surface area contributed by atoms with Crippen LogP contribution >= 0.6 is 0 Å². The average Bonchev–Trinajstić information content (AvgIpc) is 2.19. The Morgan fingerprint density at radius 2 is 2.00 bits per heavy atom. The monoisotopic (exact) mass is 191 g/mol. The number of carbonyl (C=O) groups excluding carboxylic acids is 1. The van der Waals surface area contributed by atoms with Crippen LogP contribution in [0.1, 0.15) is 12.5 Å². The molecule has 14 heavy (non-hydrogen) atoms. The van der Waals surface area contributed by atoms with Gasteiger partial charge in [-0.25, -0.2) is 0 Å². The maximum Gasteiger partial charge on any atom is 0.250 e. The second-order valence-corrected chi connectivity index (χ2v) is 3.06. The molecular formula is C11H13NO2. The van der Waals surface area contributed by atoms with Gasteiger partial charge in [0.15, 0.2) is 6.10 Å². The summed E-state index contributed by atoms with van der Waals surface area (Å²) in [7, 11) is 0. The van der Waals surface area contributed by atoms with Crippen molar-refractivity contribution in [2.75, 3.05) is 0 Å². The van der Waals surface area contributed by atoms with Crippen molar-refractivity contribution < 1.29 is 9.90 Å². The summed E-state index contributed by atoms with van der Waals surface area (Å²) in [4.78, 5) is 10.6. The second-order valence-electron chi connectivity index (χ2n) is 3.06. The van der Waals surface area contributed by atoms with Crippen LogP contribution in [0.25, 0.3) is 5.57 Å². The van der Waals surface area contributed by atoms with Crippen LogP contribution in [0.4, 0.5) is 0 Å². The highest BCUT2D eigenvalue weighted by Crippen LogP contribution is 2.13. The molecule has 0 fully saturated rings. The van der Waals surface area contributed by atoms with Gasteiger partial charge < -0.3 is 10.8 Å². The minimum atomic E-state index is -1.21. The summed E-state index contributed by atoms with van der Waals surface area (Å²) in [5.41, 5.74) is 6.72. The van der Waals surface area contributed by atoms with Gasteiger partial charge >= 0.3 is 0 Å². The minimum Gasteiger partial charge on any atom is -0.379 e. The summed E-state index contributed by atoms with van der Waals surface area (Å²) in [6, 6.07) is 9.49. The number of carbonyl (C=O) groups is 1. The fraction of sp³-hybridized carbons (Fsp3) is 0.182. The van der Waals surface area contributed by atoms with E-state index >= 15 is 0 Å². The number of aliphatic hydroxyl groups excluding tert-OH is 1. The van der Waals surface area contributed by atoms with Gasteiger partial charge in [0.2, 0.25) is 5.91 Å². The summed E-state index contributed by atoms with van der Waals surface area (Å²) in [5, 5.41) is 9.21. The van der Waals surface area contributed by atoms with Crippen LogP contribution in [0.5, 0.6) is 0 Å². The quantitative estimate of drug-likeness (QED) is 0.746. The van der Waals surface area contributed by atoms with Gasteiger partial charge in [-0.1, -0.05) is 30.3 Å².